The molecule has 0 radical (unpaired) electrons. The first-order chi connectivity index (χ1) is 16.3. The zero-order valence-corrected chi connectivity index (χ0v) is 19.5. The van der Waals surface area contributed by atoms with E-state index >= 15 is 0 Å². The van der Waals surface area contributed by atoms with Crippen LogP contribution in [0.5, 0.6) is 5.75 Å². The molecular formula is C24H27N3O6S. The number of nitrogens with one attached hydrogen (secondary N) is 1. The second kappa shape index (κ2) is 11.8. The lowest BCUT2D eigenvalue weighted by molar-refractivity contribution is -0.139. The molecular weight excluding hydrogens is 458 g/mol. The van der Waals surface area contributed by atoms with Crippen molar-refractivity contribution in [1.29, 1.82) is 0 Å². The number of hydrogen-bond donors (Lipinski definition) is 3. The van der Waals surface area contributed by atoms with Crippen molar-refractivity contribution in [3.05, 3.63) is 54.1 Å². The number of carbonyl (C=O) groups excluding carboxylic acids is 4. The van der Waals surface area contributed by atoms with Crippen LogP contribution in [0.3, 0.4) is 0 Å². The maximum absolute atomic E-state index is 12.8. The summed E-state index contributed by atoms with van der Waals surface area (Å²) in [7, 11) is 0. The molecule has 9 nitrogen and oxygen atoms in total. The minimum Gasteiger partial charge on any atom is -0.425 e. The van der Waals surface area contributed by atoms with Gasteiger partial charge in [0.05, 0.1) is 11.6 Å². The molecule has 1 heterocycles. The van der Waals surface area contributed by atoms with Gasteiger partial charge in [0.25, 0.3) is 0 Å². The van der Waals surface area contributed by atoms with E-state index < -0.39 is 36.0 Å². The van der Waals surface area contributed by atoms with Crippen molar-refractivity contribution in [3.63, 3.8) is 0 Å². The van der Waals surface area contributed by atoms with Gasteiger partial charge in [0, 0.05) is 6.42 Å². The third kappa shape index (κ3) is 6.43. The molecule has 0 aromatic heterocycles. The molecule has 3 rings (SSSR count). The molecule has 0 saturated carbocycles. The van der Waals surface area contributed by atoms with Gasteiger partial charge in [-0.25, -0.2) is 14.4 Å². The smallest absolute Gasteiger partial charge is 0.346 e. The van der Waals surface area contributed by atoms with Crippen LogP contribution in [0.4, 0.5) is 0 Å². The average molecular weight is 486 g/mol. The lowest BCUT2D eigenvalue weighted by Crippen LogP contribution is -2.49. The molecule has 2 aromatic carbocycles. The van der Waals surface area contributed by atoms with E-state index in [1.165, 1.54) is 30.0 Å². The maximum Gasteiger partial charge on any atom is 0.346 e. The number of ether oxygens (including phenoxy) is 2. The number of amides is 1. The highest BCUT2D eigenvalue weighted by molar-refractivity contribution is 7.98. The lowest BCUT2D eigenvalue weighted by atomic mass is 9.99. The highest BCUT2D eigenvalue weighted by Gasteiger charge is 2.32. The van der Waals surface area contributed by atoms with Crippen molar-refractivity contribution < 1.29 is 28.7 Å². The Hall–Kier alpha value is -3.21. The molecule has 1 saturated heterocycles. The van der Waals surface area contributed by atoms with E-state index in [0.717, 1.165) is 0 Å². The van der Waals surface area contributed by atoms with Gasteiger partial charge in [-0.05, 0) is 54.2 Å². The number of rotatable bonds is 9. The SMILES string of the molecule is CSCC[C@H](N)C(=O)OC(=O)c1ccc(OC(=O)C(N)[C@@H]2CCC(=O)N2)cc1-c1ccccc1. The Morgan fingerprint density at radius 1 is 1.12 bits per heavy atom. The molecule has 1 amide bonds. The van der Waals surface area contributed by atoms with Crippen molar-refractivity contribution in [1.82, 2.24) is 5.32 Å². The normalized spacial score (nSPS) is 16.9. The minimum atomic E-state index is -1.03. The summed E-state index contributed by atoms with van der Waals surface area (Å²) in [4.78, 5) is 49.0. The molecule has 180 valence electrons. The van der Waals surface area contributed by atoms with E-state index in [-0.39, 0.29) is 17.2 Å². The molecule has 10 heteroatoms. The first-order valence-electron chi connectivity index (χ1n) is 10.8. The van der Waals surface area contributed by atoms with Gasteiger partial charge in [0.1, 0.15) is 17.8 Å². The van der Waals surface area contributed by atoms with Crippen molar-refractivity contribution >= 4 is 35.6 Å². The van der Waals surface area contributed by atoms with Gasteiger partial charge in [-0.15, -0.1) is 0 Å². The fraction of sp³-hybridized carbons (Fsp3) is 0.333. The number of esters is 3. The average Bonchev–Trinajstić information content (AvgIpc) is 3.28. The zero-order chi connectivity index (χ0) is 24.7. The van der Waals surface area contributed by atoms with E-state index in [1.807, 2.05) is 12.3 Å². The van der Waals surface area contributed by atoms with Crippen LogP contribution >= 0.6 is 11.8 Å². The second-order valence-corrected chi connectivity index (χ2v) is 8.82. The summed E-state index contributed by atoms with van der Waals surface area (Å²) in [6.07, 6.45) is 3.03. The van der Waals surface area contributed by atoms with E-state index in [9.17, 15) is 19.2 Å². The summed E-state index contributed by atoms with van der Waals surface area (Å²) in [5, 5.41) is 2.65. The molecule has 0 aliphatic carbocycles. The van der Waals surface area contributed by atoms with Crippen molar-refractivity contribution in [3.8, 4) is 16.9 Å². The number of carbonyl (C=O) groups is 4. The fourth-order valence-corrected chi connectivity index (χ4v) is 3.95. The van der Waals surface area contributed by atoms with Gasteiger partial charge in [-0.3, -0.25) is 4.79 Å². The first kappa shape index (κ1) is 25.4. The Bertz CT molecular complexity index is 1060. The molecule has 1 unspecified atom stereocenters. The van der Waals surface area contributed by atoms with Gasteiger partial charge in [0.2, 0.25) is 5.91 Å². The molecule has 2 aromatic rings. The topological polar surface area (TPSA) is 151 Å². The van der Waals surface area contributed by atoms with Crippen molar-refractivity contribution in [2.45, 2.75) is 37.4 Å². The Morgan fingerprint density at radius 3 is 2.50 bits per heavy atom. The van der Waals surface area contributed by atoms with Gasteiger partial charge >= 0.3 is 17.9 Å². The molecule has 1 fully saturated rings. The fourth-order valence-electron chi connectivity index (χ4n) is 3.46. The lowest BCUT2D eigenvalue weighted by Gasteiger charge is -2.18. The predicted molar refractivity (Wildman–Crippen MR) is 128 cm³/mol. The standard InChI is InChI=1S/C24H27N3O6S/c1-34-12-11-18(25)23(30)33-22(29)16-8-7-15(13-17(16)14-5-3-2-4-6-14)32-24(31)21(26)19-9-10-20(28)27-19/h2-8,13,18-19,21H,9-12,25-26H2,1H3,(H,27,28)/t18-,19-,21?/m0/s1. The van der Waals surface area contributed by atoms with Crippen molar-refractivity contribution in [2.24, 2.45) is 11.5 Å². The largest absolute Gasteiger partial charge is 0.425 e. The monoisotopic (exact) mass is 485 g/mol. The number of benzene rings is 2. The number of thioether (sulfide) groups is 1. The highest BCUT2D eigenvalue weighted by Crippen LogP contribution is 2.29. The highest BCUT2D eigenvalue weighted by atomic mass is 32.2. The quantitative estimate of drug-likeness (QED) is 0.273. The van der Waals surface area contributed by atoms with Crippen LogP contribution in [0, 0.1) is 0 Å². The van der Waals surface area contributed by atoms with Crippen LogP contribution in [0.15, 0.2) is 48.5 Å². The molecule has 0 bridgehead atoms. The Morgan fingerprint density at radius 2 is 1.85 bits per heavy atom. The summed E-state index contributed by atoms with van der Waals surface area (Å²) in [6, 6.07) is 10.8. The summed E-state index contributed by atoms with van der Waals surface area (Å²) in [5.41, 5.74) is 12.9. The van der Waals surface area contributed by atoms with E-state index in [2.05, 4.69) is 5.32 Å². The molecule has 0 spiro atoms. The molecule has 1 aliphatic rings. The van der Waals surface area contributed by atoms with Crippen LogP contribution < -0.4 is 21.5 Å². The number of nitrogens with two attached hydrogens (primary N) is 2. The van der Waals surface area contributed by atoms with Gasteiger partial charge < -0.3 is 26.3 Å². The van der Waals surface area contributed by atoms with E-state index in [4.69, 9.17) is 20.9 Å². The van der Waals surface area contributed by atoms with Crippen LogP contribution in [-0.4, -0.2) is 53.9 Å². The first-order valence-corrected chi connectivity index (χ1v) is 12.2. The summed E-state index contributed by atoms with van der Waals surface area (Å²) < 4.78 is 10.4. The Balaban J connectivity index is 1.81. The van der Waals surface area contributed by atoms with Gasteiger partial charge in [-0.1, -0.05) is 30.3 Å². The van der Waals surface area contributed by atoms with Gasteiger partial charge in [-0.2, -0.15) is 11.8 Å². The summed E-state index contributed by atoms with van der Waals surface area (Å²) in [5.74, 6) is -1.72. The summed E-state index contributed by atoms with van der Waals surface area (Å²) in [6.45, 7) is 0. The maximum atomic E-state index is 12.8. The molecule has 3 atom stereocenters. The van der Waals surface area contributed by atoms with E-state index in [0.29, 0.717) is 36.1 Å². The molecule has 34 heavy (non-hydrogen) atoms. The third-order valence-electron chi connectivity index (χ3n) is 5.38. The zero-order valence-electron chi connectivity index (χ0n) is 18.7. The summed E-state index contributed by atoms with van der Waals surface area (Å²) >= 11 is 1.54. The number of hydrogen-bond acceptors (Lipinski definition) is 9. The minimum absolute atomic E-state index is 0.115. The van der Waals surface area contributed by atoms with Crippen LogP contribution in [0.25, 0.3) is 11.1 Å². The van der Waals surface area contributed by atoms with Crippen LogP contribution in [0.2, 0.25) is 0 Å². The van der Waals surface area contributed by atoms with Crippen LogP contribution in [0.1, 0.15) is 29.6 Å². The van der Waals surface area contributed by atoms with Crippen LogP contribution in [-0.2, 0) is 19.1 Å². The Kier molecular flexibility index (Phi) is 8.80. The molecule has 5 N–H and O–H groups in total. The predicted octanol–water partition coefficient (Wildman–Crippen LogP) is 1.63. The van der Waals surface area contributed by atoms with E-state index in [1.54, 1.807) is 24.3 Å². The molecule has 1 aliphatic heterocycles. The van der Waals surface area contributed by atoms with Crippen molar-refractivity contribution in [2.75, 3.05) is 12.0 Å². The third-order valence-corrected chi connectivity index (χ3v) is 6.02. The second-order valence-electron chi connectivity index (χ2n) is 7.83. The van der Waals surface area contributed by atoms with Gasteiger partial charge in [0.15, 0.2) is 0 Å². The Labute approximate surface area is 201 Å².